The molecule has 260 valence electrons. The summed E-state index contributed by atoms with van der Waals surface area (Å²) in [6.07, 6.45) is 1.39. The first-order chi connectivity index (χ1) is 23.8. The zero-order valence-corrected chi connectivity index (χ0v) is 27.2. The molecule has 4 aromatic rings. The van der Waals surface area contributed by atoms with Crippen LogP contribution in [0.1, 0.15) is 64.7 Å². The Labute approximate surface area is 285 Å². The lowest BCUT2D eigenvalue weighted by molar-refractivity contribution is -0.134. The Morgan fingerprint density at radius 1 is 0.920 bits per heavy atom. The number of benzene rings is 1. The van der Waals surface area contributed by atoms with Crippen LogP contribution in [0.2, 0.25) is 5.02 Å². The number of carboxylic acid groups (broad SMARTS) is 1. The second-order valence-electron chi connectivity index (χ2n) is 9.92. The fourth-order valence-corrected chi connectivity index (χ4v) is 4.38. The Morgan fingerprint density at radius 3 is 2.26 bits per heavy atom. The molecular formula is C32H26ClFN4O12. The van der Waals surface area contributed by atoms with Crippen molar-refractivity contribution >= 4 is 41.4 Å². The van der Waals surface area contributed by atoms with Crippen LogP contribution in [-0.2, 0) is 21.1 Å². The standard InChI is InChI=1S/C32H26ClFN4O12/c1-4-24(39)48-23-12-19(30(43)44)26(27(36-23)50-25(40)5-2)18-11-22(35-13-20(18)33)49-31(45)17-9-7-8-16(10-17)28(41)38-29(42)21(34)14-37(32(38)46)15-47-6-3/h7-14H,4-6,15H2,1-3H3,(H,43,44). The molecule has 50 heavy (non-hydrogen) atoms. The van der Waals surface area contributed by atoms with Gasteiger partial charge in [0.15, 0.2) is 0 Å². The van der Waals surface area contributed by atoms with Gasteiger partial charge in [0, 0.05) is 42.7 Å². The predicted octanol–water partition coefficient (Wildman–Crippen LogP) is 3.49. The number of pyridine rings is 2. The number of hydrogen-bond donors (Lipinski definition) is 1. The van der Waals surface area contributed by atoms with Crippen LogP contribution in [0.3, 0.4) is 0 Å². The van der Waals surface area contributed by atoms with Crippen molar-refractivity contribution in [2.75, 3.05) is 6.61 Å². The van der Waals surface area contributed by atoms with Gasteiger partial charge < -0.3 is 24.1 Å². The average Bonchev–Trinajstić information content (AvgIpc) is 3.09. The number of esters is 3. The van der Waals surface area contributed by atoms with Crippen LogP contribution in [0.15, 0.2) is 58.4 Å². The highest BCUT2D eigenvalue weighted by Crippen LogP contribution is 2.40. The minimum Gasteiger partial charge on any atom is -0.478 e. The number of rotatable bonds is 12. The van der Waals surface area contributed by atoms with E-state index in [1.807, 2.05) is 0 Å². The third-order valence-corrected chi connectivity index (χ3v) is 6.89. The summed E-state index contributed by atoms with van der Waals surface area (Å²) in [6, 6.07) is 6.57. The zero-order valence-electron chi connectivity index (χ0n) is 26.4. The number of halogens is 2. The highest BCUT2D eigenvalue weighted by molar-refractivity contribution is 6.33. The number of aromatic carboxylic acids is 1. The molecule has 1 N–H and O–H groups in total. The summed E-state index contributed by atoms with van der Waals surface area (Å²) in [4.78, 5) is 96.0. The Kier molecular flexibility index (Phi) is 11.7. The summed E-state index contributed by atoms with van der Waals surface area (Å²) in [5, 5.41) is 9.83. The maximum Gasteiger partial charge on any atom is 0.344 e. The molecule has 0 aliphatic rings. The molecule has 0 spiro atoms. The minimum absolute atomic E-state index is 0.0529. The van der Waals surface area contributed by atoms with Crippen molar-refractivity contribution in [3.63, 3.8) is 0 Å². The molecule has 0 radical (unpaired) electrons. The molecule has 0 bridgehead atoms. The van der Waals surface area contributed by atoms with Crippen LogP contribution < -0.4 is 25.5 Å². The van der Waals surface area contributed by atoms with Crippen molar-refractivity contribution in [2.45, 2.75) is 40.3 Å². The third kappa shape index (κ3) is 8.13. The van der Waals surface area contributed by atoms with E-state index in [1.165, 1.54) is 32.0 Å². The highest BCUT2D eigenvalue weighted by atomic mass is 35.5. The van der Waals surface area contributed by atoms with Crippen LogP contribution >= 0.6 is 11.6 Å². The second kappa shape index (κ2) is 15.9. The van der Waals surface area contributed by atoms with Crippen molar-refractivity contribution in [1.82, 2.24) is 19.1 Å². The summed E-state index contributed by atoms with van der Waals surface area (Å²) >= 11 is 6.36. The third-order valence-electron chi connectivity index (χ3n) is 6.59. The van der Waals surface area contributed by atoms with Crippen LogP contribution in [-0.4, -0.2) is 60.6 Å². The Bertz CT molecular complexity index is 2150. The van der Waals surface area contributed by atoms with E-state index < -0.39 is 76.8 Å². The topological polar surface area (TPSA) is 212 Å². The molecule has 0 aliphatic heterocycles. The zero-order chi connectivity index (χ0) is 36.7. The van der Waals surface area contributed by atoms with Crippen LogP contribution in [0, 0.1) is 5.82 Å². The fourth-order valence-electron chi connectivity index (χ4n) is 4.18. The molecule has 0 unspecified atom stereocenters. The van der Waals surface area contributed by atoms with E-state index in [0.29, 0.717) is 10.8 Å². The number of nitrogens with zero attached hydrogens (tertiary/aromatic N) is 4. The Morgan fingerprint density at radius 2 is 1.60 bits per heavy atom. The van der Waals surface area contributed by atoms with Crippen LogP contribution in [0.5, 0.6) is 17.6 Å². The van der Waals surface area contributed by atoms with Gasteiger partial charge in [0.1, 0.15) is 6.73 Å². The largest absolute Gasteiger partial charge is 0.478 e. The number of carbonyl (C=O) groups excluding carboxylic acids is 4. The van der Waals surface area contributed by atoms with E-state index in [1.54, 1.807) is 6.92 Å². The molecule has 0 fully saturated rings. The lowest BCUT2D eigenvalue weighted by Gasteiger charge is -2.15. The quantitative estimate of drug-likeness (QED) is 0.208. The maximum absolute atomic E-state index is 14.3. The van der Waals surface area contributed by atoms with Crippen LogP contribution in [0.25, 0.3) is 11.1 Å². The monoisotopic (exact) mass is 712 g/mol. The molecule has 4 rings (SSSR count). The lowest BCUT2D eigenvalue weighted by atomic mass is 10.0. The first-order valence-electron chi connectivity index (χ1n) is 14.6. The van der Waals surface area contributed by atoms with E-state index in [4.69, 9.17) is 30.5 Å². The van der Waals surface area contributed by atoms with E-state index in [9.17, 15) is 43.1 Å². The Hall–Kier alpha value is -6.07. The normalized spacial score (nSPS) is 10.7. The molecule has 0 saturated heterocycles. The van der Waals surface area contributed by atoms with Crippen molar-refractivity contribution in [1.29, 1.82) is 0 Å². The molecule has 18 heteroatoms. The summed E-state index contributed by atoms with van der Waals surface area (Å²) in [6.45, 7) is 4.29. The van der Waals surface area contributed by atoms with Crippen molar-refractivity contribution in [3.8, 4) is 28.8 Å². The van der Waals surface area contributed by atoms with E-state index in [-0.39, 0.29) is 51.3 Å². The molecular weight excluding hydrogens is 687 g/mol. The summed E-state index contributed by atoms with van der Waals surface area (Å²) < 4.78 is 35.8. The van der Waals surface area contributed by atoms with Crippen molar-refractivity contribution < 1.29 is 52.4 Å². The van der Waals surface area contributed by atoms with Gasteiger partial charge in [-0.05, 0) is 25.1 Å². The molecule has 3 heterocycles. The summed E-state index contributed by atoms with van der Waals surface area (Å²) in [5.74, 6) is -8.40. The van der Waals surface area contributed by atoms with Gasteiger partial charge in [-0.15, -0.1) is 0 Å². The maximum atomic E-state index is 14.3. The van der Waals surface area contributed by atoms with Gasteiger partial charge in [-0.3, -0.25) is 23.7 Å². The minimum atomic E-state index is -1.56. The van der Waals surface area contributed by atoms with Crippen molar-refractivity contribution in [2.24, 2.45) is 0 Å². The highest BCUT2D eigenvalue weighted by Gasteiger charge is 2.27. The van der Waals surface area contributed by atoms with E-state index in [0.717, 1.165) is 24.4 Å². The number of carboxylic acids is 1. The summed E-state index contributed by atoms with van der Waals surface area (Å²) in [5.41, 5.74) is -4.41. The smallest absolute Gasteiger partial charge is 0.344 e. The van der Waals surface area contributed by atoms with Crippen molar-refractivity contribution in [3.05, 3.63) is 97.2 Å². The van der Waals surface area contributed by atoms with Gasteiger partial charge in [-0.2, -0.15) is 13.9 Å². The molecule has 0 aliphatic carbocycles. The SMILES string of the molecule is CCOCn1cc(F)c(=O)n(C(=O)c2cccc(C(=O)Oc3cc(-c4c(C(=O)O)cc(OC(=O)CC)nc4OC(=O)CC)c(Cl)cn3)c2)c1=O. The van der Waals surface area contributed by atoms with Gasteiger partial charge in [0.2, 0.25) is 23.5 Å². The van der Waals surface area contributed by atoms with E-state index >= 15 is 0 Å². The fraction of sp³-hybridized carbons (Fsp3) is 0.219. The number of hydrogen-bond acceptors (Lipinski definition) is 13. The molecule has 16 nitrogen and oxygen atoms in total. The number of aromatic nitrogens is 4. The molecule has 0 amide bonds. The number of carbonyl (C=O) groups is 5. The predicted molar refractivity (Wildman–Crippen MR) is 169 cm³/mol. The second-order valence-corrected chi connectivity index (χ2v) is 10.3. The van der Waals surface area contributed by atoms with Crippen LogP contribution in [0.4, 0.5) is 4.39 Å². The van der Waals surface area contributed by atoms with Gasteiger partial charge in [0.05, 0.1) is 34.1 Å². The molecule has 0 saturated carbocycles. The first-order valence-corrected chi connectivity index (χ1v) is 15.0. The average molecular weight is 713 g/mol. The van der Waals surface area contributed by atoms with Gasteiger partial charge in [0.25, 0.3) is 11.5 Å². The molecule has 3 aromatic heterocycles. The van der Waals surface area contributed by atoms with Gasteiger partial charge >= 0.3 is 29.6 Å². The molecule has 0 atom stereocenters. The first kappa shape index (κ1) is 36.8. The Balaban J connectivity index is 1.73. The van der Waals surface area contributed by atoms with Gasteiger partial charge in [-0.25, -0.2) is 19.4 Å². The number of ether oxygens (including phenoxy) is 4. The van der Waals surface area contributed by atoms with Gasteiger partial charge in [-0.1, -0.05) is 31.5 Å². The summed E-state index contributed by atoms with van der Waals surface area (Å²) in [7, 11) is 0. The lowest BCUT2D eigenvalue weighted by Crippen LogP contribution is -2.45. The molecule has 1 aromatic carbocycles. The van der Waals surface area contributed by atoms with E-state index in [2.05, 4.69) is 9.97 Å².